The SMILES string of the molecule is c1ccc(-c2c3ccccc3c(-c3ccc(-c4ccc5cc6c(cc5c4)oc4cc5oc7ccccc7c5cc46)c4ccccc34)c3ccccc23)cc1. The molecule has 0 fully saturated rings. The Bertz CT molecular complexity index is 3430. The van der Waals surface area contributed by atoms with Gasteiger partial charge in [-0.05, 0) is 107 Å². The van der Waals surface area contributed by atoms with Crippen molar-refractivity contribution in [2.75, 3.05) is 0 Å². The normalized spacial score (nSPS) is 12.1. The van der Waals surface area contributed by atoms with Crippen LogP contribution in [0.25, 0.3) is 120 Å². The standard InChI is InChI=1S/C52H30O2/c1-2-12-31(13-3-1)51-39-17-6-8-19-41(39)52(42-20-9-7-18-40(42)51)43-25-24-35(36-14-4-5-15-37(36)43)33-23-22-32-27-44-46-29-45-38-16-10-11-21-47(38)53-49(45)30-50(46)54-48(44)28-34(32)26-33/h1-30H. The molecule has 0 saturated carbocycles. The first-order valence-corrected chi connectivity index (χ1v) is 18.5. The van der Waals surface area contributed by atoms with E-state index in [1.807, 2.05) is 18.2 Å². The van der Waals surface area contributed by atoms with Crippen molar-refractivity contribution in [3.05, 3.63) is 182 Å². The van der Waals surface area contributed by atoms with Crippen molar-refractivity contribution in [1.29, 1.82) is 0 Å². The van der Waals surface area contributed by atoms with Crippen molar-refractivity contribution in [2.24, 2.45) is 0 Å². The largest absolute Gasteiger partial charge is 0.456 e. The van der Waals surface area contributed by atoms with Crippen molar-refractivity contribution in [2.45, 2.75) is 0 Å². The average Bonchev–Trinajstić information content (AvgIpc) is 3.77. The summed E-state index contributed by atoms with van der Waals surface area (Å²) in [7, 11) is 0. The molecule has 2 heteroatoms. The van der Waals surface area contributed by atoms with Gasteiger partial charge in [-0.15, -0.1) is 0 Å². The molecule has 2 aromatic heterocycles. The van der Waals surface area contributed by atoms with Gasteiger partial charge in [0, 0.05) is 27.6 Å². The fourth-order valence-corrected chi connectivity index (χ4v) is 9.01. The minimum Gasteiger partial charge on any atom is -0.456 e. The summed E-state index contributed by atoms with van der Waals surface area (Å²) in [6, 6.07) is 65.8. The lowest BCUT2D eigenvalue weighted by molar-refractivity contribution is 0.656. The summed E-state index contributed by atoms with van der Waals surface area (Å²) < 4.78 is 12.7. The first-order chi connectivity index (χ1) is 26.8. The van der Waals surface area contributed by atoms with Gasteiger partial charge in [-0.25, -0.2) is 0 Å². The van der Waals surface area contributed by atoms with Gasteiger partial charge < -0.3 is 8.83 Å². The fourth-order valence-electron chi connectivity index (χ4n) is 9.01. The van der Waals surface area contributed by atoms with E-state index in [1.165, 1.54) is 71.1 Å². The highest BCUT2D eigenvalue weighted by Gasteiger charge is 2.19. The Morgan fingerprint density at radius 3 is 1.48 bits per heavy atom. The van der Waals surface area contributed by atoms with Crippen molar-refractivity contribution < 1.29 is 8.83 Å². The average molecular weight is 687 g/mol. The first-order valence-electron chi connectivity index (χ1n) is 18.5. The number of furan rings is 2. The van der Waals surface area contributed by atoms with E-state index in [2.05, 4.69) is 164 Å². The molecule has 0 amide bonds. The van der Waals surface area contributed by atoms with Crippen LogP contribution in [-0.4, -0.2) is 0 Å². The maximum Gasteiger partial charge on any atom is 0.139 e. The lowest BCUT2D eigenvalue weighted by Gasteiger charge is -2.19. The minimum absolute atomic E-state index is 0.838. The van der Waals surface area contributed by atoms with E-state index in [0.29, 0.717) is 0 Å². The molecule has 0 radical (unpaired) electrons. The second-order valence-electron chi connectivity index (χ2n) is 14.4. The maximum absolute atomic E-state index is 6.49. The molecule has 0 atom stereocenters. The van der Waals surface area contributed by atoms with Crippen molar-refractivity contribution in [3.8, 4) is 33.4 Å². The number of fused-ring (bicyclic) bond motifs is 10. The second kappa shape index (κ2) is 11.2. The van der Waals surface area contributed by atoms with E-state index in [1.54, 1.807) is 0 Å². The Kier molecular flexibility index (Phi) is 6.09. The molecule has 0 saturated heterocycles. The molecule has 0 unspecified atom stereocenters. The molecule has 0 bridgehead atoms. The Labute approximate surface area is 310 Å². The Morgan fingerprint density at radius 2 is 0.759 bits per heavy atom. The summed E-state index contributed by atoms with van der Waals surface area (Å²) in [5, 5.41) is 14.3. The van der Waals surface area contributed by atoms with E-state index in [4.69, 9.17) is 8.83 Å². The topological polar surface area (TPSA) is 26.3 Å². The quantitative estimate of drug-likeness (QED) is 0.173. The monoisotopic (exact) mass is 686 g/mol. The van der Waals surface area contributed by atoms with E-state index >= 15 is 0 Å². The van der Waals surface area contributed by atoms with Gasteiger partial charge in [0.05, 0.1) is 0 Å². The van der Waals surface area contributed by atoms with Gasteiger partial charge in [-0.1, -0.05) is 146 Å². The summed E-state index contributed by atoms with van der Waals surface area (Å²) in [6.07, 6.45) is 0. The molecule has 0 aliphatic rings. The van der Waals surface area contributed by atoms with Crippen LogP contribution in [-0.2, 0) is 0 Å². The summed E-state index contributed by atoms with van der Waals surface area (Å²) in [4.78, 5) is 0. The Balaban J connectivity index is 1.04. The molecule has 0 spiro atoms. The van der Waals surface area contributed by atoms with E-state index in [0.717, 1.165) is 49.3 Å². The van der Waals surface area contributed by atoms with Crippen LogP contribution in [0.2, 0.25) is 0 Å². The lowest BCUT2D eigenvalue weighted by atomic mass is 9.84. The summed E-state index contributed by atoms with van der Waals surface area (Å²) in [5.41, 5.74) is 10.9. The molecule has 12 aromatic rings. The van der Waals surface area contributed by atoms with Gasteiger partial charge in [0.2, 0.25) is 0 Å². The maximum atomic E-state index is 6.49. The number of hydrogen-bond donors (Lipinski definition) is 0. The molecule has 12 rings (SSSR count). The van der Waals surface area contributed by atoms with Crippen LogP contribution in [0.1, 0.15) is 0 Å². The number of rotatable bonds is 3. The molecule has 250 valence electrons. The van der Waals surface area contributed by atoms with Crippen LogP contribution in [0.15, 0.2) is 191 Å². The van der Waals surface area contributed by atoms with Crippen LogP contribution in [0.4, 0.5) is 0 Å². The molecular weight excluding hydrogens is 657 g/mol. The summed E-state index contributed by atoms with van der Waals surface area (Å²) >= 11 is 0. The van der Waals surface area contributed by atoms with Crippen LogP contribution < -0.4 is 0 Å². The van der Waals surface area contributed by atoms with Crippen LogP contribution in [0.5, 0.6) is 0 Å². The number of benzene rings is 10. The molecule has 2 nitrogen and oxygen atoms in total. The summed E-state index contributed by atoms with van der Waals surface area (Å²) in [6.45, 7) is 0. The van der Waals surface area contributed by atoms with E-state index in [9.17, 15) is 0 Å². The predicted molar refractivity (Wildman–Crippen MR) is 227 cm³/mol. The lowest BCUT2D eigenvalue weighted by Crippen LogP contribution is -1.92. The number of hydrogen-bond acceptors (Lipinski definition) is 2. The zero-order valence-electron chi connectivity index (χ0n) is 29.1. The molecule has 2 heterocycles. The zero-order valence-corrected chi connectivity index (χ0v) is 29.1. The molecule has 10 aromatic carbocycles. The van der Waals surface area contributed by atoms with Crippen LogP contribution in [0, 0.1) is 0 Å². The molecule has 54 heavy (non-hydrogen) atoms. The van der Waals surface area contributed by atoms with Crippen LogP contribution >= 0.6 is 0 Å². The number of para-hydroxylation sites is 1. The summed E-state index contributed by atoms with van der Waals surface area (Å²) in [5.74, 6) is 0. The second-order valence-corrected chi connectivity index (χ2v) is 14.4. The predicted octanol–water partition coefficient (Wildman–Crippen LogP) is 15.1. The van der Waals surface area contributed by atoms with Gasteiger partial charge in [-0.3, -0.25) is 0 Å². The van der Waals surface area contributed by atoms with Crippen LogP contribution in [0.3, 0.4) is 0 Å². The fraction of sp³-hybridized carbons (Fsp3) is 0. The third-order valence-corrected chi connectivity index (χ3v) is 11.4. The van der Waals surface area contributed by atoms with Gasteiger partial charge in [0.1, 0.15) is 22.3 Å². The molecule has 0 aliphatic carbocycles. The van der Waals surface area contributed by atoms with Gasteiger partial charge in [0.15, 0.2) is 0 Å². The van der Waals surface area contributed by atoms with Gasteiger partial charge in [0.25, 0.3) is 0 Å². The first kappa shape index (κ1) is 29.4. The van der Waals surface area contributed by atoms with Crippen molar-refractivity contribution in [3.63, 3.8) is 0 Å². The van der Waals surface area contributed by atoms with E-state index < -0.39 is 0 Å². The highest BCUT2D eigenvalue weighted by molar-refractivity contribution is 6.24. The Morgan fingerprint density at radius 1 is 0.241 bits per heavy atom. The minimum atomic E-state index is 0.838. The van der Waals surface area contributed by atoms with Crippen molar-refractivity contribution >= 4 is 87.0 Å². The third kappa shape index (κ3) is 4.22. The van der Waals surface area contributed by atoms with Crippen molar-refractivity contribution in [1.82, 2.24) is 0 Å². The third-order valence-electron chi connectivity index (χ3n) is 11.4. The molecular formula is C52H30O2. The molecule has 0 aliphatic heterocycles. The van der Waals surface area contributed by atoms with E-state index in [-0.39, 0.29) is 0 Å². The smallest absolute Gasteiger partial charge is 0.139 e. The molecule has 0 N–H and O–H groups in total. The highest BCUT2D eigenvalue weighted by atomic mass is 16.3. The zero-order chi connectivity index (χ0) is 35.3. The highest BCUT2D eigenvalue weighted by Crippen LogP contribution is 2.47. The van der Waals surface area contributed by atoms with Gasteiger partial charge in [-0.2, -0.15) is 0 Å². The Hall–Kier alpha value is -7.16. The van der Waals surface area contributed by atoms with Gasteiger partial charge >= 0.3 is 0 Å².